The first-order valence-corrected chi connectivity index (χ1v) is 6.99. The van der Waals surface area contributed by atoms with Gasteiger partial charge >= 0.3 is 6.09 Å². The number of carbonyl (C=O) groups is 1. The summed E-state index contributed by atoms with van der Waals surface area (Å²) in [4.78, 5) is 13.7. The third kappa shape index (κ3) is 3.67. The normalized spacial score (nSPS) is 18.9. The molecule has 2 rings (SSSR count). The van der Waals surface area contributed by atoms with Crippen LogP contribution < -0.4 is 0 Å². The highest BCUT2D eigenvalue weighted by Crippen LogP contribution is 2.20. The van der Waals surface area contributed by atoms with Crippen molar-refractivity contribution < 1.29 is 9.53 Å². The Hall–Kier alpha value is -1.16. The molecular weight excluding hydrogens is 246 g/mol. The average molecular weight is 265 g/mol. The molecule has 4 heteroatoms. The summed E-state index contributed by atoms with van der Waals surface area (Å²) in [6, 6.07) is 9.76. The SMILES string of the molecule is O=C(OCc1ccccc1)N1CCC(CCS)C1. The molecule has 0 aromatic heterocycles. The van der Waals surface area contributed by atoms with Crippen molar-refractivity contribution in [3.8, 4) is 0 Å². The van der Waals surface area contributed by atoms with Gasteiger partial charge in [0.1, 0.15) is 6.61 Å². The third-order valence-electron chi connectivity index (χ3n) is 3.29. The number of rotatable bonds is 4. The second-order valence-corrected chi connectivity index (χ2v) is 5.10. The predicted molar refractivity (Wildman–Crippen MR) is 74.8 cm³/mol. The van der Waals surface area contributed by atoms with Crippen molar-refractivity contribution in [2.24, 2.45) is 5.92 Å². The summed E-state index contributed by atoms with van der Waals surface area (Å²) in [5.41, 5.74) is 1.02. The molecule has 1 aliphatic rings. The number of thiol groups is 1. The fourth-order valence-electron chi connectivity index (χ4n) is 2.23. The van der Waals surface area contributed by atoms with E-state index < -0.39 is 0 Å². The van der Waals surface area contributed by atoms with E-state index in [0.29, 0.717) is 12.5 Å². The van der Waals surface area contributed by atoms with Crippen LogP contribution in [0, 0.1) is 5.92 Å². The molecule has 0 saturated carbocycles. The van der Waals surface area contributed by atoms with Crippen molar-refractivity contribution in [1.29, 1.82) is 0 Å². The fourth-order valence-corrected chi connectivity index (χ4v) is 2.59. The number of ether oxygens (including phenoxy) is 1. The van der Waals surface area contributed by atoms with E-state index in [1.807, 2.05) is 30.3 Å². The monoisotopic (exact) mass is 265 g/mol. The Morgan fingerprint density at radius 1 is 1.39 bits per heavy atom. The molecule has 98 valence electrons. The Balaban J connectivity index is 1.76. The van der Waals surface area contributed by atoms with Gasteiger partial charge in [-0.3, -0.25) is 0 Å². The summed E-state index contributed by atoms with van der Waals surface area (Å²) in [5.74, 6) is 1.48. The molecule has 0 aliphatic carbocycles. The van der Waals surface area contributed by atoms with Crippen LogP contribution in [0.25, 0.3) is 0 Å². The van der Waals surface area contributed by atoms with Crippen molar-refractivity contribution in [2.75, 3.05) is 18.8 Å². The summed E-state index contributed by atoms with van der Waals surface area (Å²) in [6.45, 7) is 1.98. The lowest BCUT2D eigenvalue weighted by Gasteiger charge is -2.16. The number of benzene rings is 1. The van der Waals surface area contributed by atoms with E-state index in [9.17, 15) is 4.79 Å². The highest BCUT2D eigenvalue weighted by Gasteiger charge is 2.26. The van der Waals surface area contributed by atoms with Gasteiger partial charge in [0.25, 0.3) is 0 Å². The first kappa shape index (κ1) is 13.3. The van der Waals surface area contributed by atoms with E-state index in [2.05, 4.69) is 12.6 Å². The number of nitrogens with zero attached hydrogens (tertiary/aromatic N) is 1. The van der Waals surface area contributed by atoms with Gasteiger partial charge in [0.2, 0.25) is 0 Å². The molecule has 18 heavy (non-hydrogen) atoms. The van der Waals surface area contributed by atoms with Crippen molar-refractivity contribution in [2.45, 2.75) is 19.4 Å². The highest BCUT2D eigenvalue weighted by atomic mass is 32.1. The molecule has 1 heterocycles. The number of amides is 1. The summed E-state index contributed by atoms with van der Waals surface area (Å²) in [7, 11) is 0. The molecule has 0 bridgehead atoms. The van der Waals surface area contributed by atoms with E-state index in [1.54, 1.807) is 4.90 Å². The van der Waals surface area contributed by atoms with Gasteiger partial charge in [0.15, 0.2) is 0 Å². The summed E-state index contributed by atoms with van der Waals surface area (Å²) in [5, 5.41) is 0. The van der Waals surface area contributed by atoms with Crippen molar-refractivity contribution in [3.05, 3.63) is 35.9 Å². The van der Waals surface area contributed by atoms with E-state index in [4.69, 9.17) is 4.74 Å². The minimum Gasteiger partial charge on any atom is -0.445 e. The zero-order chi connectivity index (χ0) is 12.8. The zero-order valence-corrected chi connectivity index (χ0v) is 11.3. The fraction of sp³-hybridized carbons (Fsp3) is 0.500. The van der Waals surface area contributed by atoms with Crippen LogP contribution in [0.1, 0.15) is 18.4 Å². The number of hydrogen-bond acceptors (Lipinski definition) is 3. The number of hydrogen-bond donors (Lipinski definition) is 1. The van der Waals surface area contributed by atoms with Crippen LogP contribution in [-0.4, -0.2) is 29.8 Å². The lowest BCUT2D eigenvalue weighted by atomic mass is 10.1. The molecule has 1 aliphatic heterocycles. The lowest BCUT2D eigenvalue weighted by Crippen LogP contribution is -2.29. The second-order valence-electron chi connectivity index (χ2n) is 4.65. The van der Waals surface area contributed by atoms with Gasteiger partial charge in [0.05, 0.1) is 0 Å². The van der Waals surface area contributed by atoms with Gasteiger partial charge in [-0.15, -0.1) is 0 Å². The van der Waals surface area contributed by atoms with Gasteiger partial charge < -0.3 is 9.64 Å². The first-order valence-electron chi connectivity index (χ1n) is 6.36. The van der Waals surface area contributed by atoms with Crippen molar-refractivity contribution in [1.82, 2.24) is 4.90 Å². The Morgan fingerprint density at radius 2 is 2.17 bits per heavy atom. The Morgan fingerprint density at radius 3 is 2.89 bits per heavy atom. The van der Waals surface area contributed by atoms with E-state index in [1.165, 1.54) is 0 Å². The minimum absolute atomic E-state index is 0.194. The summed E-state index contributed by atoms with van der Waals surface area (Å²) in [6.07, 6.45) is 1.95. The van der Waals surface area contributed by atoms with Crippen LogP contribution in [0.5, 0.6) is 0 Å². The van der Waals surface area contributed by atoms with Gasteiger partial charge in [-0.05, 0) is 30.1 Å². The molecule has 0 spiro atoms. The molecule has 0 radical (unpaired) electrons. The molecule has 3 nitrogen and oxygen atoms in total. The maximum atomic E-state index is 11.9. The van der Waals surface area contributed by atoms with E-state index in [0.717, 1.165) is 37.2 Å². The van der Waals surface area contributed by atoms with Crippen LogP contribution in [0.3, 0.4) is 0 Å². The largest absolute Gasteiger partial charge is 0.445 e. The molecule has 1 aromatic rings. The van der Waals surface area contributed by atoms with Crippen molar-refractivity contribution in [3.63, 3.8) is 0 Å². The maximum Gasteiger partial charge on any atom is 0.410 e. The van der Waals surface area contributed by atoms with Crippen LogP contribution >= 0.6 is 12.6 Å². The molecule has 1 amide bonds. The van der Waals surface area contributed by atoms with Crippen LogP contribution in [0.4, 0.5) is 4.79 Å². The maximum absolute atomic E-state index is 11.9. The number of carbonyl (C=O) groups excluding carboxylic acids is 1. The molecule has 1 atom stereocenters. The van der Waals surface area contributed by atoms with E-state index in [-0.39, 0.29) is 6.09 Å². The molecule has 0 N–H and O–H groups in total. The van der Waals surface area contributed by atoms with Gasteiger partial charge in [-0.1, -0.05) is 30.3 Å². The van der Waals surface area contributed by atoms with Crippen LogP contribution in [0.2, 0.25) is 0 Å². The molecule has 1 saturated heterocycles. The second kappa shape index (κ2) is 6.69. The Bertz CT molecular complexity index is 383. The predicted octanol–water partition coefficient (Wildman–Crippen LogP) is 2.97. The molecule has 1 aromatic carbocycles. The Kier molecular flexibility index (Phi) is 4.93. The average Bonchev–Trinajstić information content (AvgIpc) is 2.86. The van der Waals surface area contributed by atoms with Crippen molar-refractivity contribution >= 4 is 18.7 Å². The molecule has 1 fully saturated rings. The topological polar surface area (TPSA) is 29.5 Å². The van der Waals surface area contributed by atoms with Crippen LogP contribution in [-0.2, 0) is 11.3 Å². The quantitative estimate of drug-likeness (QED) is 0.848. The minimum atomic E-state index is -0.194. The van der Waals surface area contributed by atoms with Gasteiger partial charge in [-0.2, -0.15) is 12.6 Å². The Labute approximate surface area is 114 Å². The zero-order valence-electron chi connectivity index (χ0n) is 10.4. The van der Waals surface area contributed by atoms with Gasteiger partial charge in [-0.25, -0.2) is 4.79 Å². The smallest absolute Gasteiger partial charge is 0.410 e. The molecule has 1 unspecified atom stereocenters. The third-order valence-corrected chi connectivity index (χ3v) is 3.54. The summed E-state index contributed by atoms with van der Waals surface area (Å²) < 4.78 is 5.31. The number of likely N-dealkylation sites (tertiary alicyclic amines) is 1. The standard InChI is InChI=1S/C14H19NO2S/c16-14(15-8-6-12(10-15)7-9-18)17-11-13-4-2-1-3-5-13/h1-5,12,18H,6-11H2. The first-order chi connectivity index (χ1) is 8.79. The van der Waals surface area contributed by atoms with Gasteiger partial charge in [0, 0.05) is 13.1 Å². The van der Waals surface area contributed by atoms with E-state index >= 15 is 0 Å². The highest BCUT2D eigenvalue weighted by molar-refractivity contribution is 7.80. The lowest BCUT2D eigenvalue weighted by molar-refractivity contribution is 0.103. The van der Waals surface area contributed by atoms with Crippen LogP contribution in [0.15, 0.2) is 30.3 Å². The summed E-state index contributed by atoms with van der Waals surface area (Å²) >= 11 is 4.23. The molecular formula is C14H19NO2S.